The Morgan fingerprint density at radius 3 is 2.68 bits per heavy atom. The van der Waals surface area contributed by atoms with E-state index in [-0.39, 0.29) is 0 Å². The van der Waals surface area contributed by atoms with Gasteiger partial charge in [0.15, 0.2) is 5.69 Å². The van der Waals surface area contributed by atoms with Crippen LogP contribution < -0.4 is 0 Å². The SMILES string of the molecule is COC(=O)c1ncn(Cc2cccnc2)c1-c1ccccc1. The fraction of sp³-hybridized carbons (Fsp3) is 0.118. The zero-order valence-electron chi connectivity index (χ0n) is 12.1. The minimum atomic E-state index is -0.441. The molecule has 3 rings (SSSR count). The predicted molar refractivity (Wildman–Crippen MR) is 82.3 cm³/mol. The number of aromatic nitrogens is 3. The van der Waals surface area contributed by atoms with E-state index in [0.29, 0.717) is 12.2 Å². The van der Waals surface area contributed by atoms with Crippen LogP contribution in [-0.4, -0.2) is 27.6 Å². The Labute approximate surface area is 128 Å². The van der Waals surface area contributed by atoms with Gasteiger partial charge in [0, 0.05) is 18.0 Å². The van der Waals surface area contributed by atoms with Crippen molar-refractivity contribution in [2.24, 2.45) is 0 Å². The lowest BCUT2D eigenvalue weighted by molar-refractivity contribution is 0.0595. The van der Waals surface area contributed by atoms with E-state index in [2.05, 4.69) is 9.97 Å². The number of methoxy groups -OCH3 is 1. The molecule has 1 aromatic carbocycles. The first-order valence-corrected chi connectivity index (χ1v) is 6.87. The zero-order chi connectivity index (χ0) is 15.4. The van der Waals surface area contributed by atoms with E-state index in [1.807, 2.05) is 47.0 Å². The number of nitrogens with zero attached hydrogens (tertiary/aromatic N) is 3. The topological polar surface area (TPSA) is 57.0 Å². The molecule has 110 valence electrons. The van der Waals surface area contributed by atoms with Gasteiger partial charge in [-0.3, -0.25) is 4.98 Å². The van der Waals surface area contributed by atoms with Gasteiger partial charge in [0.05, 0.1) is 25.7 Å². The molecule has 2 heterocycles. The number of carbonyl (C=O) groups is 1. The predicted octanol–water partition coefficient (Wildman–Crippen LogP) is 2.78. The maximum Gasteiger partial charge on any atom is 0.358 e. The molecule has 0 fully saturated rings. The summed E-state index contributed by atoms with van der Waals surface area (Å²) in [7, 11) is 1.36. The van der Waals surface area contributed by atoms with Crippen LogP contribution in [0.25, 0.3) is 11.3 Å². The van der Waals surface area contributed by atoms with Crippen LogP contribution in [0.5, 0.6) is 0 Å². The van der Waals surface area contributed by atoms with Gasteiger partial charge in [-0.15, -0.1) is 0 Å². The minimum Gasteiger partial charge on any atom is -0.464 e. The van der Waals surface area contributed by atoms with E-state index in [1.165, 1.54) is 7.11 Å². The first-order chi connectivity index (χ1) is 10.8. The summed E-state index contributed by atoms with van der Waals surface area (Å²) in [6.45, 7) is 0.585. The zero-order valence-corrected chi connectivity index (χ0v) is 12.1. The quantitative estimate of drug-likeness (QED) is 0.694. The van der Waals surface area contributed by atoms with Crippen molar-refractivity contribution >= 4 is 5.97 Å². The van der Waals surface area contributed by atoms with Crippen LogP contribution in [0.1, 0.15) is 16.1 Å². The number of pyridine rings is 1. The Morgan fingerprint density at radius 2 is 2.00 bits per heavy atom. The fourth-order valence-electron chi connectivity index (χ4n) is 2.34. The van der Waals surface area contributed by atoms with Crippen molar-refractivity contribution in [1.29, 1.82) is 0 Å². The van der Waals surface area contributed by atoms with E-state index in [1.54, 1.807) is 18.7 Å². The first-order valence-electron chi connectivity index (χ1n) is 6.87. The van der Waals surface area contributed by atoms with E-state index in [9.17, 15) is 4.79 Å². The molecule has 3 aromatic rings. The minimum absolute atomic E-state index is 0.317. The molecular weight excluding hydrogens is 278 g/mol. The average molecular weight is 293 g/mol. The van der Waals surface area contributed by atoms with E-state index in [4.69, 9.17) is 4.74 Å². The molecule has 0 N–H and O–H groups in total. The van der Waals surface area contributed by atoms with Gasteiger partial charge in [0.25, 0.3) is 0 Å². The number of carbonyl (C=O) groups excluding carboxylic acids is 1. The molecule has 0 bridgehead atoms. The average Bonchev–Trinajstić information content (AvgIpc) is 2.99. The summed E-state index contributed by atoms with van der Waals surface area (Å²) in [6, 6.07) is 13.6. The highest BCUT2D eigenvalue weighted by Crippen LogP contribution is 2.24. The molecule has 0 aliphatic heterocycles. The second kappa shape index (κ2) is 6.22. The molecule has 5 nitrogen and oxygen atoms in total. The van der Waals surface area contributed by atoms with Gasteiger partial charge in [-0.05, 0) is 11.6 Å². The Morgan fingerprint density at radius 1 is 1.18 bits per heavy atom. The van der Waals surface area contributed by atoms with Gasteiger partial charge in [-0.25, -0.2) is 9.78 Å². The molecule has 0 amide bonds. The van der Waals surface area contributed by atoms with E-state index >= 15 is 0 Å². The number of hydrogen-bond donors (Lipinski definition) is 0. The van der Waals surface area contributed by atoms with Crippen molar-refractivity contribution in [3.8, 4) is 11.3 Å². The van der Waals surface area contributed by atoms with Crippen LogP contribution in [0.15, 0.2) is 61.2 Å². The van der Waals surface area contributed by atoms with Crippen molar-refractivity contribution in [3.63, 3.8) is 0 Å². The van der Waals surface area contributed by atoms with Gasteiger partial charge in [0.2, 0.25) is 0 Å². The van der Waals surface area contributed by atoms with Crippen molar-refractivity contribution < 1.29 is 9.53 Å². The Hall–Kier alpha value is -2.95. The molecule has 0 spiro atoms. The number of hydrogen-bond acceptors (Lipinski definition) is 4. The lowest BCUT2D eigenvalue weighted by Crippen LogP contribution is -2.07. The van der Waals surface area contributed by atoms with Gasteiger partial charge < -0.3 is 9.30 Å². The largest absolute Gasteiger partial charge is 0.464 e. The summed E-state index contributed by atoms with van der Waals surface area (Å²) in [6.07, 6.45) is 5.18. The number of ether oxygens (including phenoxy) is 1. The third kappa shape index (κ3) is 2.74. The second-order valence-corrected chi connectivity index (χ2v) is 4.79. The first kappa shape index (κ1) is 14.0. The molecule has 0 atom stereocenters. The summed E-state index contributed by atoms with van der Waals surface area (Å²) in [5, 5.41) is 0. The summed E-state index contributed by atoms with van der Waals surface area (Å²) in [4.78, 5) is 20.3. The van der Waals surface area contributed by atoms with Crippen LogP contribution in [0.4, 0.5) is 0 Å². The van der Waals surface area contributed by atoms with Gasteiger partial charge in [0.1, 0.15) is 0 Å². The lowest BCUT2D eigenvalue weighted by Gasteiger charge is -2.09. The highest BCUT2D eigenvalue weighted by Gasteiger charge is 2.20. The summed E-state index contributed by atoms with van der Waals surface area (Å²) < 4.78 is 6.76. The summed E-state index contributed by atoms with van der Waals surface area (Å²) in [5.74, 6) is -0.441. The van der Waals surface area contributed by atoms with Gasteiger partial charge in [-0.2, -0.15) is 0 Å². The number of esters is 1. The van der Waals surface area contributed by atoms with Gasteiger partial charge in [-0.1, -0.05) is 36.4 Å². The van der Waals surface area contributed by atoms with Crippen LogP contribution in [0.2, 0.25) is 0 Å². The molecular formula is C17H15N3O2. The van der Waals surface area contributed by atoms with Crippen molar-refractivity contribution in [3.05, 3.63) is 72.4 Å². The fourth-order valence-corrected chi connectivity index (χ4v) is 2.34. The molecule has 0 aliphatic rings. The van der Waals surface area contributed by atoms with Crippen LogP contribution >= 0.6 is 0 Å². The van der Waals surface area contributed by atoms with Crippen molar-refractivity contribution in [1.82, 2.24) is 14.5 Å². The molecule has 0 saturated heterocycles. The van der Waals surface area contributed by atoms with E-state index < -0.39 is 5.97 Å². The molecule has 0 saturated carbocycles. The highest BCUT2D eigenvalue weighted by atomic mass is 16.5. The molecule has 2 aromatic heterocycles. The Bertz CT molecular complexity index is 767. The molecule has 0 radical (unpaired) electrons. The van der Waals surface area contributed by atoms with Crippen LogP contribution in [0.3, 0.4) is 0 Å². The smallest absolute Gasteiger partial charge is 0.358 e. The Balaban J connectivity index is 2.07. The molecule has 0 unspecified atom stereocenters. The van der Waals surface area contributed by atoms with Crippen molar-refractivity contribution in [2.45, 2.75) is 6.54 Å². The standard InChI is InChI=1S/C17H15N3O2/c1-22-17(21)15-16(14-7-3-2-4-8-14)20(12-19-15)11-13-6-5-9-18-10-13/h2-10,12H,11H2,1H3. The number of rotatable bonds is 4. The Kier molecular flexibility index (Phi) is 3.96. The lowest BCUT2D eigenvalue weighted by atomic mass is 10.1. The van der Waals surface area contributed by atoms with Gasteiger partial charge >= 0.3 is 5.97 Å². The normalized spacial score (nSPS) is 10.4. The second-order valence-electron chi connectivity index (χ2n) is 4.79. The monoisotopic (exact) mass is 293 g/mol. The molecule has 5 heteroatoms. The van der Waals surface area contributed by atoms with Crippen molar-refractivity contribution in [2.75, 3.05) is 7.11 Å². The third-order valence-corrected chi connectivity index (χ3v) is 3.34. The maximum absolute atomic E-state index is 12.0. The number of benzene rings is 1. The van der Waals surface area contributed by atoms with Crippen LogP contribution in [-0.2, 0) is 11.3 Å². The van der Waals surface area contributed by atoms with E-state index in [0.717, 1.165) is 16.8 Å². The van der Waals surface area contributed by atoms with Crippen LogP contribution in [0, 0.1) is 0 Å². The molecule has 22 heavy (non-hydrogen) atoms. The number of imidazole rings is 1. The third-order valence-electron chi connectivity index (χ3n) is 3.34. The summed E-state index contributed by atoms with van der Waals surface area (Å²) >= 11 is 0. The summed E-state index contributed by atoms with van der Waals surface area (Å²) in [5.41, 5.74) is 3.02. The highest BCUT2D eigenvalue weighted by molar-refractivity contribution is 5.94. The molecule has 0 aliphatic carbocycles. The maximum atomic E-state index is 12.0.